The summed E-state index contributed by atoms with van der Waals surface area (Å²) in [7, 11) is 0. The van der Waals surface area contributed by atoms with Gasteiger partial charge in [-0.3, -0.25) is 62.3 Å². The normalized spacial score (nSPS) is 15.1. The highest BCUT2D eigenvalue weighted by Gasteiger charge is 2.34. The number of hydrogen-bond acceptors (Lipinski definition) is 17. The molecule has 0 saturated carbocycles. The van der Waals surface area contributed by atoms with Gasteiger partial charge in [-0.15, -0.1) is 0 Å². The van der Waals surface area contributed by atoms with Crippen molar-refractivity contribution >= 4 is 82.9 Å². The van der Waals surface area contributed by atoms with E-state index in [0.29, 0.717) is 5.56 Å². The molecule has 0 unspecified atom stereocenters. The number of aliphatic hydroxyl groups is 2. The zero-order chi connectivity index (χ0) is 60.0. The van der Waals surface area contributed by atoms with Crippen molar-refractivity contribution < 1.29 is 82.1 Å². The first kappa shape index (κ1) is 66.0. The van der Waals surface area contributed by atoms with Gasteiger partial charge in [0.25, 0.3) is 0 Å². The summed E-state index contributed by atoms with van der Waals surface area (Å²) in [6.07, 6.45) is -1.88. The van der Waals surface area contributed by atoms with Gasteiger partial charge in [-0.05, 0) is 50.2 Å². The summed E-state index contributed by atoms with van der Waals surface area (Å²) in [5.74, 6) is -12.4. The summed E-state index contributed by atoms with van der Waals surface area (Å²) < 4.78 is 5.19. The Labute approximate surface area is 463 Å². The zero-order valence-corrected chi connectivity index (χ0v) is 44.2. The predicted molar refractivity (Wildman–Crippen MR) is 281 cm³/mol. The summed E-state index contributed by atoms with van der Waals surface area (Å²) in [4.78, 5) is 178. The van der Waals surface area contributed by atoms with Gasteiger partial charge in [0, 0.05) is 25.8 Å². The smallest absolute Gasteiger partial charge is 0.407 e. The van der Waals surface area contributed by atoms with E-state index in [4.69, 9.17) is 21.9 Å². The summed E-state index contributed by atoms with van der Waals surface area (Å²) in [6, 6.07) is 5.54. The molecule has 1 aliphatic rings. The van der Waals surface area contributed by atoms with Crippen LogP contribution < -0.4 is 75.7 Å². The highest BCUT2D eigenvalue weighted by atomic mass is 16.5. The van der Waals surface area contributed by atoms with Crippen molar-refractivity contribution in [3.05, 3.63) is 71.8 Å². The van der Waals surface area contributed by atoms with Gasteiger partial charge >= 0.3 is 6.09 Å². The van der Waals surface area contributed by atoms with Gasteiger partial charge in [0.1, 0.15) is 54.9 Å². The van der Waals surface area contributed by atoms with Gasteiger partial charge in [0.2, 0.25) is 76.8 Å². The monoisotopic (exact) mass is 1140 g/mol. The Hall–Kier alpha value is -9.26. The second kappa shape index (κ2) is 34.6. The van der Waals surface area contributed by atoms with Crippen LogP contribution in [-0.4, -0.2) is 174 Å². The first-order valence-electron chi connectivity index (χ1n) is 25.5. The number of amides is 14. The average Bonchev–Trinajstić information content (AvgIpc) is 3.88. The van der Waals surface area contributed by atoms with E-state index in [1.54, 1.807) is 60.7 Å². The third-order valence-electron chi connectivity index (χ3n) is 11.9. The standard InChI is InChI=1S/C50H70N14O17/c1-27(57-45(75)32-16-18-39(69)58-32)43(73)60-30(14-8-9-19-54-50(80)81-26-29-12-6-3-7-13-29)46(76)64-36(25-66)49(79)61-31(15-17-37(51)67)44(74)56-22-40(70)55-23-41(71)59-35(24-65)48(78)63-34(21-38(52)68)47(77)62-33(42(53)72)20-28-10-4-2-5-11-28/h2-7,10-13,27,30-36,65-66H,8-9,14-26H2,1H3,(H2,51,67)(H2,52,68)(H2,53,72)(H,54,80)(H,55,70)(H,56,74)(H,57,75)(H,58,69)(H,59,71)(H,60,73)(H,61,79)(H,62,77)(H,63,78)(H,64,76)/t27-,30-,31-,32-,33-,34-,35-,36-/m0/s1. The van der Waals surface area contributed by atoms with Crippen molar-refractivity contribution in [3.63, 3.8) is 0 Å². The number of rotatable bonds is 35. The fourth-order valence-electron chi connectivity index (χ4n) is 7.49. The lowest BCUT2D eigenvalue weighted by molar-refractivity contribution is -0.135. The highest BCUT2D eigenvalue weighted by molar-refractivity contribution is 5.99. The third kappa shape index (κ3) is 25.0. The zero-order valence-electron chi connectivity index (χ0n) is 44.2. The Morgan fingerprint density at radius 3 is 1.69 bits per heavy atom. The van der Waals surface area contributed by atoms with E-state index >= 15 is 0 Å². The molecule has 1 heterocycles. The molecular weight excluding hydrogens is 1070 g/mol. The molecule has 31 nitrogen and oxygen atoms in total. The number of ether oxygens (including phenoxy) is 1. The number of hydrogen-bond donors (Lipinski definition) is 16. The van der Waals surface area contributed by atoms with Crippen LogP contribution in [0.15, 0.2) is 60.7 Å². The summed E-state index contributed by atoms with van der Waals surface area (Å²) in [5.41, 5.74) is 17.4. The van der Waals surface area contributed by atoms with Gasteiger partial charge in [-0.25, -0.2) is 4.79 Å². The van der Waals surface area contributed by atoms with Crippen molar-refractivity contribution in [2.24, 2.45) is 17.2 Å². The molecule has 8 atom stereocenters. The van der Waals surface area contributed by atoms with E-state index in [-0.39, 0.29) is 57.6 Å². The first-order valence-corrected chi connectivity index (χ1v) is 25.5. The number of nitrogens with two attached hydrogens (primary N) is 3. The van der Waals surface area contributed by atoms with Gasteiger partial charge < -0.3 is 90.6 Å². The number of benzene rings is 2. The Balaban J connectivity index is 1.59. The largest absolute Gasteiger partial charge is 0.445 e. The van der Waals surface area contributed by atoms with Crippen molar-refractivity contribution in [3.8, 4) is 0 Å². The summed E-state index contributed by atoms with van der Waals surface area (Å²) in [6.45, 7) is -2.44. The van der Waals surface area contributed by atoms with Crippen LogP contribution in [0.4, 0.5) is 4.79 Å². The Kier molecular flexibility index (Phi) is 28.2. The second-order valence-corrected chi connectivity index (χ2v) is 18.4. The lowest BCUT2D eigenvalue weighted by Crippen LogP contribution is -2.59. The first-order chi connectivity index (χ1) is 38.5. The molecule has 31 heteroatoms. The Morgan fingerprint density at radius 2 is 1.11 bits per heavy atom. The lowest BCUT2D eigenvalue weighted by Gasteiger charge is -2.25. The quantitative estimate of drug-likeness (QED) is 0.0285. The van der Waals surface area contributed by atoms with E-state index in [0.717, 1.165) is 5.56 Å². The van der Waals surface area contributed by atoms with Crippen LogP contribution in [0.5, 0.6) is 0 Å². The number of carbonyl (C=O) groups is 14. The lowest BCUT2D eigenvalue weighted by atomic mass is 10.0. The molecule has 2 aromatic rings. The van der Waals surface area contributed by atoms with Crippen LogP contribution in [0.25, 0.3) is 0 Å². The molecule has 81 heavy (non-hydrogen) atoms. The number of carbonyl (C=O) groups excluding carboxylic acids is 14. The molecule has 0 spiro atoms. The van der Waals surface area contributed by atoms with E-state index in [1.807, 2.05) is 0 Å². The minimum absolute atomic E-state index is 0.00975. The van der Waals surface area contributed by atoms with Crippen LogP contribution >= 0.6 is 0 Å². The molecule has 1 aliphatic heterocycles. The SMILES string of the molecule is C[C@H](NC(=O)[C@@H]1CCC(=O)N1)C(=O)N[C@@H](CCCCNC(=O)OCc1ccccc1)C(=O)N[C@@H](CO)C(=O)N[C@@H](CCC(N)=O)C(=O)NCC(=O)NCC(=O)N[C@@H](CO)C(=O)N[C@@H](CC(N)=O)C(=O)N[C@@H](Cc1ccccc1)C(N)=O. The maximum Gasteiger partial charge on any atom is 0.407 e. The number of alkyl carbamates (subject to hydrolysis) is 1. The molecule has 19 N–H and O–H groups in total. The maximum atomic E-state index is 13.7. The molecular formula is C50H70N14O17. The minimum Gasteiger partial charge on any atom is -0.445 e. The van der Waals surface area contributed by atoms with Gasteiger partial charge in [-0.2, -0.15) is 0 Å². The topological polar surface area (TPSA) is 499 Å². The summed E-state index contributed by atoms with van der Waals surface area (Å²) >= 11 is 0. The predicted octanol–water partition coefficient (Wildman–Crippen LogP) is -7.14. The van der Waals surface area contributed by atoms with E-state index in [2.05, 4.69) is 58.5 Å². The van der Waals surface area contributed by atoms with Crippen LogP contribution in [-0.2, 0) is 80.1 Å². The van der Waals surface area contributed by atoms with Crippen LogP contribution in [0.1, 0.15) is 69.4 Å². The summed E-state index contributed by atoms with van der Waals surface area (Å²) in [5, 5.41) is 45.6. The molecule has 14 amide bonds. The highest BCUT2D eigenvalue weighted by Crippen LogP contribution is 2.09. The number of primary amides is 3. The Bertz CT molecular complexity index is 2560. The maximum absolute atomic E-state index is 13.7. The molecule has 0 radical (unpaired) electrons. The van der Waals surface area contributed by atoms with Crippen LogP contribution in [0.3, 0.4) is 0 Å². The number of aliphatic hydroxyl groups excluding tert-OH is 2. The molecule has 0 bridgehead atoms. The Morgan fingerprint density at radius 1 is 0.580 bits per heavy atom. The fraction of sp³-hybridized carbons (Fsp3) is 0.480. The average molecular weight is 1140 g/mol. The van der Waals surface area contributed by atoms with Gasteiger partial charge in [-0.1, -0.05) is 60.7 Å². The molecule has 3 rings (SSSR count). The van der Waals surface area contributed by atoms with Crippen LogP contribution in [0, 0.1) is 0 Å². The second-order valence-electron chi connectivity index (χ2n) is 18.4. The van der Waals surface area contributed by atoms with E-state index in [9.17, 15) is 77.3 Å². The molecule has 1 fully saturated rings. The van der Waals surface area contributed by atoms with Gasteiger partial charge in [0.05, 0.1) is 32.7 Å². The molecule has 442 valence electrons. The number of nitrogens with one attached hydrogen (secondary N) is 11. The van der Waals surface area contributed by atoms with Crippen molar-refractivity contribution in [2.45, 2.75) is 120 Å². The number of unbranched alkanes of at least 4 members (excludes halogenated alkanes) is 1. The molecule has 2 aromatic carbocycles. The van der Waals surface area contributed by atoms with Crippen molar-refractivity contribution in [2.75, 3.05) is 32.8 Å². The van der Waals surface area contributed by atoms with Crippen molar-refractivity contribution in [1.82, 2.24) is 58.5 Å². The minimum atomic E-state index is -1.80. The molecule has 1 saturated heterocycles. The van der Waals surface area contributed by atoms with Gasteiger partial charge in [0.15, 0.2) is 0 Å². The molecule has 0 aromatic heterocycles. The molecule has 0 aliphatic carbocycles. The third-order valence-corrected chi connectivity index (χ3v) is 11.9. The van der Waals surface area contributed by atoms with E-state index in [1.165, 1.54) is 6.92 Å². The van der Waals surface area contributed by atoms with E-state index < -0.39 is 171 Å². The van der Waals surface area contributed by atoms with Crippen molar-refractivity contribution in [1.29, 1.82) is 0 Å². The fourth-order valence-corrected chi connectivity index (χ4v) is 7.49. The van der Waals surface area contributed by atoms with Crippen LogP contribution in [0.2, 0.25) is 0 Å².